The summed E-state index contributed by atoms with van der Waals surface area (Å²) in [6.07, 6.45) is 5.96. The van der Waals surface area contributed by atoms with Crippen molar-refractivity contribution >= 4 is 16.8 Å². The van der Waals surface area contributed by atoms with Gasteiger partial charge in [0.15, 0.2) is 0 Å². The molecule has 0 aliphatic heterocycles. The molecule has 4 rings (SSSR count). The van der Waals surface area contributed by atoms with E-state index in [-0.39, 0.29) is 17.3 Å². The molecule has 6 nitrogen and oxygen atoms in total. The molecule has 2 aromatic heterocycles. The Balaban J connectivity index is 1.52. The number of nitrogens with zero attached hydrogens (tertiary/aromatic N) is 2. The molecule has 0 atom stereocenters. The van der Waals surface area contributed by atoms with Crippen LogP contribution in [0.4, 0.5) is 4.39 Å². The van der Waals surface area contributed by atoms with Crippen LogP contribution in [0.3, 0.4) is 0 Å². The Morgan fingerprint density at radius 3 is 2.86 bits per heavy atom. The fraction of sp³-hybridized carbons (Fsp3) is 0.364. The van der Waals surface area contributed by atoms with E-state index in [4.69, 9.17) is 4.74 Å². The lowest BCUT2D eigenvalue weighted by Crippen LogP contribution is -2.39. The number of carbonyl (C=O) groups excluding carboxylic acids is 1. The van der Waals surface area contributed by atoms with E-state index in [1.165, 1.54) is 12.1 Å². The molecule has 152 valence electrons. The van der Waals surface area contributed by atoms with Crippen LogP contribution in [0.2, 0.25) is 0 Å². The van der Waals surface area contributed by atoms with Gasteiger partial charge in [0, 0.05) is 36.4 Å². The molecule has 1 aliphatic rings. The van der Waals surface area contributed by atoms with Gasteiger partial charge in [-0.3, -0.25) is 9.78 Å². The SMILES string of the molecule is CNCCn1ccc2cnc(C(=O)NC3(Cc4cc(F)ccc4OC)CC3)cc21. The number of nitrogens with one attached hydrogen (secondary N) is 2. The van der Waals surface area contributed by atoms with E-state index in [1.54, 1.807) is 19.4 Å². The van der Waals surface area contributed by atoms with E-state index in [1.807, 2.05) is 25.4 Å². The fourth-order valence-corrected chi connectivity index (χ4v) is 3.69. The number of benzene rings is 1. The molecule has 2 N–H and O–H groups in total. The first-order chi connectivity index (χ1) is 14.0. The number of ether oxygens (including phenoxy) is 1. The molecule has 0 unspecified atom stereocenters. The van der Waals surface area contributed by atoms with Gasteiger partial charge in [0.25, 0.3) is 5.91 Å². The highest BCUT2D eigenvalue weighted by atomic mass is 19.1. The van der Waals surface area contributed by atoms with Crippen molar-refractivity contribution in [1.29, 1.82) is 0 Å². The molecular weight excluding hydrogens is 371 g/mol. The zero-order chi connectivity index (χ0) is 20.4. The predicted molar refractivity (Wildman–Crippen MR) is 110 cm³/mol. The van der Waals surface area contributed by atoms with Crippen LogP contribution in [0.5, 0.6) is 5.75 Å². The van der Waals surface area contributed by atoms with Crippen molar-refractivity contribution in [1.82, 2.24) is 20.2 Å². The van der Waals surface area contributed by atoms with Crippen molar-refractivity contribution in [3.8, 4) is 5.75 Å². The van der Waals surface area contributed by atoms with Crippen molar-refractivity contribution in [2.75, 3.05) is 20.7 Å². The van der Waals surface area contributed by atoms with E-state index in [0.29, 0.717) is 17.9 Å². The average Bonchev–Trinajstić information content (AvgIpc) is 3.34. The summed E-state index contributed by atoms with van der Waals surface area (Å²) in [5.74, 6) is 0.118. The van der Waals surface area contributed by atoms with Crippen LogP contribution in [-0.2, 0) is 13.0 Å². The molecule has 1 aliphatic carbocycles. The number of halogens is 1. The van der Waals surface area contributed by atoms with Gasteiger partial charge >= 0.3 is 0 Å². The molecule has 0 saturated heterocycles. The van der Waals surface area contributed by atoms with Crippen LogP contribution in [0.15, 0.2) is 42.7 Å². The molecule has 29 heavy (non-hydrogen) atoms. The summed E-state index contributed by atoms with van der Waals surface area (Å²) < 4.78 is 21.1. The Hall–Kier alpha value is -2.93. The van der Waals surface area contributed by atoms with Gasteiger partial charge < -0.3 is 19.9 Å². The van der Waals surface area contributed by atoms with Gasteiger partial charge in [0.2, 0.25) is 0 Å². The predicted octanol–water partition coefficient (Wildman–Crippen LogP) is 2.91. The van der Waals surface area contributed by atoms with Gasteiger partial charge in [-0.1, -0.05) is 0 Å². The second-order valence-electron chi connectivity index (χ2n) is 7.61. The van der Waals surface area contributed by atoms with Crippen molar-refractivity contribution in [3.63, 3.8) is 0 Å². The summed E-state index contributed by atoms with van der Waals surface area (Å²) in [5, 5.41) is 7.26. The zero-order valence-electron chi connectivity index (χ0n) is 16.7. The number of carbonyl (C=O) groups is 1. The van der Waals surface area contributed by atoms with Crippen LogP contribution in [0.1, 0.15) is 28.9 Å². The summed E-state index contributed by atoms with van der Waals surface area (Å²) in [6.45, 7) is 1.65. The van der Waals surface area contributed by atoms with Crippen LogP contribution in [-0.4, -0.2) is 41.7 Å². The second-order valence-corrected chi connectivity index (χ2v) is 7.61. The van der Waals surface area contributed by atoms with Crippen molar-refractivity contribution in [2.24, 2.45) is 0 Å². The summed E-state index contributed by atoms with van der Waals surface area (Å²) in [5.41, 5.74) is 1.76. The van der Waals surface area contributed by atoms with E-state index < -0.39 is 0 Å². The number of rotatable bonds is 8. The van der Waals surface area contributed by atoms with Crippen LogP contribution >= 0.6 is 0 Å². The monoisotopic (exact) mass is 396 g/mol. The largest absolute Gasteiger partial charge is 0.496 e. The number of likely N-dealkylation sites (N-methyl/N-ethyl adjacent to an activating group) is 1. The quantitative estimate of drug-likeness (QED) is 0.614. The normalized spacial score (nSPS) is 14.7. The lowest BCUT2D eigenvalue weighted by molar-refractivity contribution is 0.0926. The molecule has 2 heterocycles. The van der Waals surface area contributed by atoms with Crippen molar-refractivity contribution in [3.05, 3.63) is 59.8 Å². The van der Waals surface area contributed by atoms with E-state index >= 15 is 0 Å². The van der Waals surface area contributed by atoms with Gasteiger partial charge in [-0.05, 0) is 62.2 Å². The van der Waals surface area contributed by atoms with Gasteiger partial charge in [0.05, 0.1) is 12.6 Å². The minimum Gasteiger partial charge on any atom is -0.496 e. The third kappa shape index (κ3) is 4.10. The topological polar surface area (TPSA) is 68.2 Å². The molecule has 1 aromatic carbocycles. The first kappa shape index (κ1) is 19.4. The minimum atomic E-state index is -0.372. The molecular formula is C22H25FN4O2. The molecule has 0 bridgehead atoms. The number of methoxy groups -OCH3 is 1. The number of aromatic nitrogens is 2. The Kier molecular flexibility index (Phi) is 5.24. The van der Waals surface area contributed by atoms with Gasteiger partial charge in [-0.2, -0.15) is 0 Å². The van der Waals surface area contributed by atoms with Gasteiger partial charge in [-0.25, -0.2) is 4.39 Å². The first-order valence-electron chi connectivity index (χ1n) is 9.78. The number of amides is 1. The smallest absolute Gasteiger partial charge is 0.270 e. The van der Waals surface area contributed by atoms with Gasteiger partial charge in [0.1, 0.15) is 17.3 Å². The highest BCUT2D eigenvalue weighted by Crippen LogP contribution is 2.40. The third-order valence-corrected chi connectivity index (χ3v) is 5.49. The lowest BCUT2D eigenvalue weighted by Gasteiger charge is -2.19. The minimum absolute atomic E-state index is 0.207. The maximum absolute atomic E-state index is 13.7. The maximum Gasteiger partial charge on any atom is 0.270 e. The third-order valence-electron chi connectivity index (χ3n) is 5.49. The summed E-state index contributed by atoms with van der Waals surface area (Å²) in [7, 11) is 3.48. The highest BCUT2D eigenvalue weighted by molar-refractivity contribution is 5.96. The molecule has 0 radical (unpaired) electrons. The number of hydrogen-bond acceptors (Lipinski definition) is 4. The summed E-state index contributed by atoms with van der Waals surface area (Å²) in [4.78, 5) is 17.2. The Morgan fingerprint density at radius 1 is 1.31 bits per heavy atom. The van der Waals surface area contributed by atoms with Crippen molar-refractivity contribution in [2.45, 2.75) is 31.3 Å². The molecule has 1 amide bonds. The van der Waals surface area contributed by atoms with Crippen molar-refractivity contribution < 1.29 is 13.9 Å². The van der Waals surface area contributed by atoms with E-state index in [2.05, 4.69) is 20.2 Å². The van der Waals surface area contributed by atoms with Crippen LogP contribution in [0.25, 0.3) is 10.9 Å². The molecule has 1 saturated carbocycles. The standard InChI is InChI=1S/C22H25FN4O2/c1-24-8-10-27-9-5-15-14-25-18(12-19(15)27)21(28)26-22(6-7-22)13-16-11-17(23)3-4-20(16)29-2/h3-5,9,11-12,14,24H,6-8,10,13H2,1-2H3,(H,26,28). The molecule has 0 spiro atoms. The Labute approximate surface area is 169 Å². The highest BCUT2D eigenvalue weighted by Gasteiger charge is 2.44. The lowest BCUT2D eigenvalue weighted by atomic mass is 10.0. The van der Waals surface area contributed by atoms with E-state index in [9.17, 15) is 9.18 Å². The number of fused-ring (bicyclic) bond motifs is 1. The zero-order valence-corrected chi connectivity index (χ0v) is 16.7. The molecule has 3 aromatic rings. The van der Waals surface area contributed by atoms with E-state index in [0.717, 1.165) is 42.4 Å². The number of pyridine rings is 1. The first-order valence-corrected chi connectivity index (χ1v) is 9.78. The Bertz CT molecular complexity index is 1040. The summed E-state index contributed by atoms with van der Waals surface area (Å²) in [6, 6.07) is 8.31. The number of hydrogen-bond donors (Lipinski definition) is 2. The Morgan fingerprint density at radius 2 is 2.14 bits per heavy atom. The summed E-state index contributed by atoms with van der Waals surface area (Å²) >= 11 is 0. The average molecular weight is 396 g/mol. The maximum atomic E-state index is 13.7. The molecule has 7 heteroatoms. The van der Waals surface area contributed by atoms with Crippen LogP contribution in [0, 0.1) is 5.82 Å². The van der Waals surface area contributed by atoms with Crippen LogP contribution < -0.4 is 15.4 Å². The molecule has 1 fully saturated rings. The second kappa shape index (κ2) is 7.83. The fourth-order valence-electron chi connectivity index (χ4n) is 3.69. The van der Waals surface area contributed by atoms with Gasteiger partial charge in [-0.15, -0.1) is 0 Å².